The molecule has 0 radical (unpaired) electrons. The third kappa shape index (κ3) is 3.31. The Kier molecular flexibility index (Phi) is 4.63. The van der Waals surface area contributed by atoms with E-state index in [4.69, 9.17) is 5.73 Å². The molecule has 0 amide bonds. The molecule has 2 fully saturated rings. The third-order valence-corrected chi connectivity index (χ3v) is 5.33. The number of piperazine rings is 1. The van der Waals surface area contributed by atoms with E-state index in [0.29, 0.717) is 12.6 Å². The molecule has 3 nitrogen and oxygen atoms in total. The Morgan fingerprint density at radius 2 is 2.10 bits per heavy atom. The monoisotopic (exact) mass is 287 g/mol. The summed E-state index contributed by atoms with van der Waals surface area (Å²) >= 11 is 0. The lowest BCUT2D eigenvalue weighted by atomic mass is 9.96. The van der Waals surface area contributed by atoms with Crippen molar-refractivity contribution in [2.24, 2.45) is 5.73 Å². The van der Waals surface area contributed by atoms with Crippen LogP contribution in [0.1, 0.15) is 42.9 Å². The molecule has 2 aliphatic heterocycles. The van der Waals surface area contributed by atoms with Crippen LogP contribution in [-0.4, -0.2) is 41.5 Å². The minimum absolute atomic E-state index is 0.637. The summed E-state index contributed by atoms with van der Waals surface area (Å²) in [5.41, 5.74) is 9.82. The van der Waals surface area contributed by atoms with E-state index >= 15 is 0 Å². The van der Waals surface area contributed by atoms with Gasteiger partial charge >= 0.3 is 0 Å². The van der Waals surface area contributed by atoms with Crippen molar-refractivity contribution in [2.75, 3.05) is 19.6 Å². The van der Waals surface area contributed by atoms with Gasteiger partial charge in [0.05, 0.1) is 0 Å². The molecular formula is C18H29N3. The van der Waals surface area contributed by atoms with Crippen molar-refractivity contribution in [3.63, 3.8) is 0 Å². The maximum absolute atomic E-state index is 5.73. The van der Waals surface area contributed by atoms with Crippen molar-refractivity contribution >= 4 is 0 Å². The molecule has 2 aliphatic rings. The molecule has 1 aromatic rings. The topological polar surface area (TPSA) is 32.5 Å². The molecule has 2 heterocycles. The fourth-order valence-electron chi connectivity index (χ4n) is 3.91. The Morgan fingerprint density at radius 3 is 2.86 bits per heavy atom. The van der Waals surface area contributed by atoms with Gasteiger partial charge in [-0.05, 0) is 49.9 Å². The number of aryl methyl sites for hydroxylation is 1. The first kappa shape index (κ1) is 15.0. The van der Waals surface area contributed by atoms with E-state index in [9.17, 15) is 0 Å². The largest absolute Gasteiger partial charge is 0.326 e. The Morgan fingerprint density at radius 1 is 1.24 bits per heavy atom. The Bertz CT molecular complexity index is 485. The van der Waals surface area contributed by atoms with Crippen molar-refractivity contribution in [1.29, 1.82) is 0 Å². The molecule has 0 spiro atoms. The van der Waals surface area contributed by atoms with Crippen LogP contribution in [0.15, 0.2) is 18.2 Å². The van der Waals surface area contributed by atoms with Crippen molar-refractivity contribution in [3.8, 4) is 0 Å². The van der Waals surface area contributed by atoms with Crippen LogP contribution in [0.2, 0.25) is 0 Å². The van der Waals surface area contributed by atoms with Crippen LogP contribution in [0.5, 0.6) is 0 Å². The van der Waals surface area contributed by atoms with Crippen molar-refractivity contribution in [3.05, 3.63) is 34.9 Å². The summed E-state index contributed by atoms with van der Waals surface area (Å²) in [6.07, 6.45) is 4.19. The quantitative estimate of drug-likeness (QED) is 0.927. The van der Waals surface area contributed by atoms with Gasteiger partial charge in [0.2, 0.25) is 0 Å². The molecular weight excluding hydrogens is 258 g/mol. The third-order valence-electron chi connectivity index (χ3n) is 5.33. The maximum atomic E-state index is 5.73. The van der Waals surface area contributed by atoms with Gasteiger partial charge in [-0.1, -0.05) is 24.6 Å². The van der Waals surface area contributed by atoms with E-state index in [1.165, 1.54) is 55.6 Å². The predicted octanol–water partition coefficient (Wildman–Crippen LogP) is 2.51. The lowest BCUT2D eigenvalue weighted by Gasteiger charge is -2.47. The first-order valence-electron chi connectivity index (χ1n) is 8.44. The summed E-state index contributed by atoms with van der Waals surface area (Å²) in [5.74, 6) is 0. The predicted molar refractivity (Wildman–Crippen MR) is 88.2 cm³/mol. The molecule has 116 valence electrons. The summed E-state index contributed by atoms with van der Waals surface area (Å²) in [6, 6.07) is 8.16. The Labute approximate surface area is 129 Å². The van der Waals surface area contributed by atoms with Crippen molar-refractivity contribution in [1.82, 2.24) is 9.80 Å². The number of hydrogen-bond acceptors (Lipinski definition) is 3. The molecule has 1 aromatic carbocycles. The molecule has 2 N–H and O–H groups in total. The number of rotatable bonds is 3. The maximum Gasteiger partial charge on any atom is 0.0240 e. The zero-order valence-electron chi connectivity index (χ0n) is 13.5. The number of nitrogens with zero attached hydrogens (tertiary/aromatic N) is 2. The second-order valence-electron chi connectivity index (χ2n) is 6.89. The van der Waals surface area contributed by atoms with E-state index < -0.39 is 0 Å². The van der Waals surface area contributed by atoms with Gasteiger partial charge in [0.15, 0.2) is 0 Å². The van der Waals surface area contributed by atoms with Gasteiger partial charge in [-0.15, -0.1) is 0 Å². The average molecular weight is 287 g/mol. The van der Waals surface area contributed by atoms with Gasteiger partial charge < -0.3 is 5.73 Å². The highest BCUT2D eigenvalue weighted by molar-refractivity contribution is 5.31. The van der Waals surface area contributed by atoms with Gasteiger partial charge in [0.1, 0.15) is 0 Å². The normalized spacial score (nSPS) is 27.6. The van der Waals surface area contributed by atoms with Crippen LogP contribution in [0, 0.1) is 6.92 Å². The van der Waals surface area contributed by atoms with Crippen molar-refractivity contribution < 1.29 is 0 Å². The van der Waals surface area contributed by atoms with Crippen LogP contribution in [-0.2, 0) is 13.1 Å². The van der Waals surface area contributed by atoms with Gasteiger partial charge in [-0.25, -0.2) is 0 Å². The molecule has 2 atom stereocenters. The summed E-state index contributed by atoms with van der Waals surface area (Å²) in [7, 11) is 0. The lowest BCUT2D eigenvalue weighted by Crippen LogP contribution is -2.58. The number of benzene rings is 1. The van der Waals surface area contributed by atoms with Gasteiger partial charge in [0, 0.05) is 38.3 Å². The highest BCUT2D eigenvalue weighted by Crippen LogP contribution is 2.25. The van der Waals surface area contributed by atoms with E-state index in [2.05, 4.69) is 41.8 Å². The highest BCUT2D eigenvalue weighted by atomic mass is 15.3. The van der Waals surface area contributed by atoms with Crippen LogP contribution in [0.3, 0.4) is 0 Å². The average Bonchev–Trinajstić information content (AvgIpc) is 2.49. The Balaban J connectivity index is 1.69. The molecule has 21 heavy (non-hydrogen) atoms. The van der Waals surface area contributed by atoms with E-state index in [1.54, 1.807) is 0 Å². The van der Waals surface area contributed by atoms with Crippen LogP contribution < -0.4 is 5.73 Å². The molecule has 3 rings (SSSR count). The number of nitrogens with two attached hydrogens (primary N) is 1. The smallest absolute Gasteiger partial charge is 0.0240 e. The van der Waals surface area contributed by atoms with E-state index in [1.807, 2.05) is 0 Å². The van der Waals surface area contributed by atoms with Crippen LogP contribution in [0.4, 0.5) is 0 Å². The highest BCUT2D eigenvalue weighted by Gasteiger charge is 2.32. The fourth-order valence-corrected chi connectivity index (χ4v) is 3.91. The van der Waals surface area contributed by atoms with Crippen LogP contribution in [0.25, 0.3) is 0 Å². The zero-order chi connectivity index (χ0) is 14.8. The molecule has 0 saturated carbocycles. The lowest BCUT2D eigenvalue weighted by molar-refractivity contribution is 0.0110. The van der Waals surface area contributed by atoms with E-state index in [0.717, 1.165) is 12.6 Å². The van der Waals surface area contributed by atoms with Crippen molar-refractivity contribution in [2.45, 2.75) is 58.3 Å². The van der Waals surface area contributed by atoms with Gasteiger partial charge in [-0.3, -0.25) is 9.80 Å². The number of fused-ring (bicyclic) bond motifs is 1. The first-order valence-corrected chi connectivity index (χ1v) is 8.44. The summed E-state index contributed by atoms with van der Waals surface area (Å²) in [6.45, 7) is 10.1. The molecule has 2 unspecified atom stereocenters. The van der Waals surface area contributed by atoms with Crippen LogP contribution >= 0.6 is 0 Å². The minimum atomic E-state index is 0.637. The summed E-state index contributed by atoms with van der Waals surface area (Å²) in [4.78, 5) is 5.39. The molecule has 3 heteroatoms. The molecule has 2 saturated heterocycles. The van der Waals surface area contributed by atoms with E-state index in [-0.39, 0.29) is 0 Å². The Hall–Kier alpha value is -0.900. The second kappa shape index (κ2) is 6.47. The summed E-state index contributed by atoms with van der Waals surface area (Å²) in [5, 5.41) is 0. The van der Waals surface area contributed by atoms with Gasteiger partial charge in [0.25, 0.3) is 0 Å². The molecule has 0 bridgehead atoms. The minimum Gasteiger partial charge on any atom is -0.326 e. The van der Waals surface area contributed by atoms with Gasteiger partial charge in [-0.2, -0.15) is 0 Å². The summed E-state index contributed by atoms with van der Waals surface area (Å²) < 4.78 is 0. The number of hydrogen-bond donors (Lipinski definition) is 1. The fraction of sp³-hybridized carbons (Fsp3) is 0.667. The zero-order valence-corrected chi connectivity index (χ0v) is 13.5. The second-order valence-corrected chi connectivity index (χ2v) is 6.89. The molecule has 0 aromatic heterocycles. The SMILES string of the molecule is Cc1cc(CN)ccc1CN1CC2CCCCN2CC1C. The first-order chi connectivity index (χ1) is 10.2. The standard InChI is InChI=1S/C18H29N3/c1-14-9-16(10-19)6-7-17(14)12-21-13-18-5-3-4-8-20(18)11-15(21)2/h6-7,9,15,18H,3-5,8,10-13,19H2,1-2H3. The number of piperidine rings is 1. The molecule has 0 aliphatic carbocycles.